The molecule has 1 heterocycles. The summed E-state index contributed by atoms with van der Waals surface area (Å²) in [6.45, 7) is 0.948. The summed E-state index contributed by atoms with van der Waals surface area (Å²) in [6.07, 6.45) is 2.13. The van der Waals surface area contributed by atoms with Gasteiger partial charge in [-0.1, -0.05) is 29.6 Å². The summed E-state index contributed by atoms with van der Waals surface area (Å²) < 4.78 is 0. The summed E-state index contributed by atoms with van der Waals surface area (Å²) in [5.74, 6) is -0.872. The second kappa shape index (κ2) is 12.3. The van der Waals surface area contributed by atoms with Crippen LogP contribution in [0, 0.1) is 0 Å². The summed E-state index contributed by atoms with van der Waals surface area (Å²) in [7, 11) is 0. The van der Waals surface area contributed by atoms with E-state index in [2.05, 4.69) is 10.3 Å². The number of carboxylic acids is 1. The van der Waals surface area contributed by atoms with Gasteiger partial charge in [0, 0.05) is 6.54 Å². The predicted octanol–water partition coefficient (Wildman–Crippen LogP) is 2.90. The van der Waals surface area contributed by atoms with Crippen LogP contribution in [-0.2, 0) is 11.3 Å². The average molecular weight is 379 g/mol. The molecule has 5 nitrogen and oxygen atoms in total. The Balaban J connectivity index is 0. The molecule has 1 aromatic rings. The van der Waals surface area contributed by atoms with Gasteiger partial charge in [0.1, 0.15) is 16.3 Å². The normalized spacial score (nSPS) is 11.2. The lowest BCUT2D eigenvalue weighted by atomic mass is 10.1. The molecule has 4 N–H and O–H groups in total. The molecule has 21 heavy (non-hydrogen) atoms. The third kappa shape index (κ3) is 9.34. The number of hydrogen-bond donors (Lipinski definition) is 3. The van der Waals surface area contributed by atoms with Gasteiger partial charge in [-0.05, 0) is 37.1 Å². The zero-order valence-electron chi connectivity index (χ0n) is 11.2. The van der Waals surface area contributed by atoms with Gasteiger partial charge in [-0.2, -0.15) is 0 Å². The minimum atomic E-state index is -0.872. The Morgan fingerprint density at radius 2 is 1.86 bits per heavy atom. The van der Waals surface area contributed by atoms with Crippen LogP contribution in [0.1, 0.15) is 24.8 Å². The van der Waals surface area contributed by atoms with E-state index in [1.54, 1.807) is 12.1 Å². The maximum atomic E-state index is 11.1. The van der Waals surface area contributed by atoms with Crippen molar-refractivity contribution in [1.29, 1.82) is 0 Å². The van der Waals surface area contributed by atoms with Crippen molar-refractivity contribution < 1.29 is 9.90 Å². The molecule has 1 rings (SSSR count). The van der Waals surface area contributed by atoms with Crippen LogP contribution in [-0.4, -0.2) is 28.6 Å². The summed E-state index contributed by atoms with van der Waals surface area (Å²) in [5, 5.41) is 12.6. The van der Waals surface area contributed by atoms with Gasteiger partial charge in [0.2, 0.25) is 0 Å². The number of carboxylic acid groups (broad SMARTS) is 1. The number of nitrogens with one attached hydrogen (secondary N) is 1. The molecule has 9 heteroatoms. The van der Waals surface area contributed by atoms with E-state index < -0.39 is 12.0 Å². The molecule has 122 valence electrons. The molecule has 0 aliphatic carbocycles. The maximum Gasteiger partial charge on any atom is 0.320 e. The first-order valence-corrected chi connectivity index (χ1v) is 6.76. The van der Waals surface area contributed by atoms with Crippen molar-refractivity contribution in [3.63, 3.8) is 0 Å². The van der Waals surface area contributed by atoms with E-state index >= 15 is 0 Å². The fourth-order valence-electron chi connectivity index (χ4n) is 1.66. The molecule has 0 aliphatic heterocycles. The molecule has 0 unspecified atom stereocenters. The Kier molecular flexibility index (Phi) is 13.4. The Morgan fingerprint density at radius 1 is 1.29 bits per heavy atom. The monoisotopic (exact) mass is 377 g/mol. The molecule has 0 amide bonds. The Bertz CT molecular complexity index is 415. The number of nitrogens with two attached hydrogens (primary N) is 1. The Labute approximate surface area is 146 Å². The number of carbonyl (C=O) groups is 1. The van der Waals surface area contributed by atoms with Crippen LogP contribution in [0.2, 0.25) is 10.3 Å². The van der Waals surface area contributed by atoms with E-state index in [4.69, 9.17) is 34.0 Å². The fourth-order valence-corrected chi connectivity index (χ4v) is 2.17. The molecule has 0 fully saturated rings. The van der Waals surface area contributed by atoms with Gasteiger partial charge in [-0.25, -0.2) is 4.98 Å². The maximum absolute atomic E-state index is 11.1. The Hall–Kier alpha value is -0.300. The van der Waals surface area contributed by atoms with Crippen LogP contribution in [0.15, 0.2) is 12.1 Å². The zero-order chi connectivity index (χ0) is 14.3. The van der Waals surface area contributed by atoms with Crippen LogP contribution < -0.4 is 11.1 Å². The van der Waals surface area contributed by atoms with Gasteiger partial charge < -0.3 is 16.2 Å². The van der Waals surface area contributed by atoms with Crippen molar-refractivity contribution in [1.82, 2.24) is 10.3 Å². The number of rotatable bonds is 8. The largest absolute Gasteiger partial charge is 0.480 e. The van der Waals surface area contributed by atoms with Gasteiger partial charge >= 0.3 is 5.97 Å². The van der Waals surface area contributed by atoms with Crippen LogP contribution in [0.3, 0.4) is 0 Å². The minimum Gasteiger partial charge on any atom is -0.480 e. The number of pyridine rings is 1. The van der Waals surface area contributed by atoms with Crippen molar-refractivity contribution in [2.24, 2.45) is 5.73 Å². The van der Waals surface area contributed by atoms with Crippen LogP contribution in [0.4, 0.5) is 0 Å². The number of nitrogens with zero attached hydrogens (tertiary/aromatic N) is 1. The minimum absolute atomic E-state index is 0. The number of aromatic nitrogens is 1. The molecule has 0 saturated heterocycles. The summed E-state index contributed by atoms with van der Waals surface area (Å²) in [5.41, 5.74) is 6.19. The van der Waals surface area contributed by atoms with Gasteiger partial charge in [-0.3, -0.25) is 4.79 Å². The quantitative estimate of drug-likeness (QED) is 0.478. The summed E-state index contributed by atoms with van der Waals surface area (Å²) >= 11 is 11.6. The Morgan fingerprint density at radius 3 is 2.33 bits per heavy atom. The number of hydrogen-bond acceptors (Lipinski definition) is 4. The van der Waals surface area contributed by atoms with Crippen molar-refractivity contribution in [3.8, 4) is 0 Å². The standard InChI is InChI=1S/C12H17Cl2N3O2.2ClH/c13-10-5-8(6-11(14)17-10)7-16-9(12(18)19)3-1-2-4-15;;/h5-6,9,16H,1-4,7,15H2,(H,18,19);2*1H/t9-;;/m0../s1. The predicted molar refractivity (Wildman–Crippen MR) is 89.9 cm³/mol. The number of halogens is 4. The fraction of sp³-hybridized carbons (Fsp3) is 0.500. The second-order valence-corrected chi connectivity index (χ2v) is 4.95. The van der Waals surface area contributed by atoms with Crippen molar-refractivity contribution in [3.05, 3.63) is 28.0 Å². The summed E-state index contributed by atoms with van der Waals surface area (Å²) in [4.78, 5) is 14.9. The highest BCUT2D eigenvalue weighted by molar-refractivity contribution is 6.32. The van der Waals surface area contributed by atoms with Gasteiger partial charge in [-0.15, -0.1) is 24.8 Å². The van der Waals surface area contributed by atoms with E-state index in [0.29, 0.717) is 29.8 Å². The smallest absolute Gasteiger partial charge is 0.320 e. The molecule has 0 saturated carbocycles. The van der Waals surface area contributed by atoms with Crippen molar-refractivity contribution >= 4 is 54.0 Å². The number of unbranched alkanes of at least 4 members (excludes halogenated alkanes) is 1. The van der Waals surface area contributed by atoms with E-state index in [9.17, 15) is 4.79 Å². The first-order chi connectivity index (χ1) is 9.02. The average Bonchev–Trinajstić information content (AvgIpc) is 2.32. The number of aliphatic carboxylic acids is 1. The van der Waals surface area contributed by atoms with Crippen LogP contribution >= 0.6 is 48.0 Å². The molecular weight excluding hydrogens is 360 g/mol. The second-order valence-electron chi connectivity index (χ2n) is 4.18. The van der Waals surface area contributed by atoms with Crippen LogP contribution in [0.5, 0.6) is 0 Å². The van der Waals surface area contributed by atoms with Gasteiger partial charge in [0.15, 0.2) is 0 Å². The molecule has 1 atom stereocenters. The SMILES string of the molecule is Cl.Cl.NCCCC[C@H](NCc1cc(Cl)nc(Cl)c1)C(=O)O. The third-order valence-electron chi connectivity index (χ3n) is 2.62. The zero-order valence-corrected chi connectivity index (χ0v) is 14.4. The van der Waals surface area contributed by atoms with Crippen LogP contribution in [0.25, 0.3) is 0 Å². The highest BCUT2D eigenvalue weighted by Gasteiger charge is 2.16. The lowest BCUT2D eigenvalue weighted by molar-refractivity contribution is -0.139. The highest BCUT2D eigenvalue weighted by Crippen LogP contribution is 2.14. The van der Waals surface area contributed by atoms with Crippen molar-refractivity contribution in [2.45, 2.75) is 31.8 Å². The van der Waals surface area contributed by atoms with E-state index in [0.717, 1.165) is 18.4 Å². The van der Waals surface area contributed by atoms with E-state index in [1.807, 2.05) is 0 Å². The molecule has 0 spiro atoms. The molecule has 0 aromatic carbocycles. The lowest BCUT2D eigenvalue weighted by Crippen LogP contribution is -2.36. The van der Waals surface area contributed by atoms with E-state index in [-0.39, 0.29) is 24.8 Å². The van der Waals surface area contributed by atoms with E-state index in [1.165, 1.54) is 0 Å². The van der Waals surface area contributed by atoms with Gasteiger partial charge in [0.05, 0.1) is 0 Å². The molecular formula is C12H19Cl4N3O2. The first kappa shape index (κ1) is 23.0. The summed E-state index contributed by atoms with van der Waals surface area (Å²) in [6, 6.07) is 2.70. The molecule has 0 radical (unpaired) electrons. The topological polar surface area (TPSA) is 88.2 Å². The molecule has 0 aliphatic rings. The third-order valence-corrected chi connectivity index (χ3v) is 3.01. The first-order valence-electron chi connectivity index (χ1n) is 6.01. The molecule has 1 aromatic heterocycles. The lowest BCUT2D eigenvalue weighted by Gasteiger charge is -2.14. The van der Waals surface area contributed by atoms with Gasteiger partial charge in [0.25, 0.3) is 0 Å². The highest BCUT2D eigenvalue weighted by atomic mass is 35.5. The van der Waals surface area contributed by atoms with Crippen molar-refractivity contribution in [2.75, 3.05) is 6.54 Å². The molecule has 0 bridgehead atoms.